The molecule has 5 nitrogen and oxygen atoms in total. The van der Waals surface area contributed by atoms with Crippen LogP contribution >= 0.6 is 0 Å². The van der Waals surface area contributed by atoms with Crippen molar-refractivity contribution in [2.75, 3.05) is 53.4 Å². The van der Waals surface area contributed by atoms with Gasteiger partial charge in [-0.15, -0.1) is 0 Å². The highest BCUT2D eigenvalue weighted by molar-refractivity contribution is 5.81. The summed E-state index contributed by atoms with van der Waals surface area (Å²) < 4.78 is 0. The molecule has 19 heavy (non-hydrogen) atoms. The summed E-state index contributed by atoms with van der Waals surface area (Å²) in [6.07, 6.45) is 2.32. The highest BCUT2D eigenvalue weighted by Crippen LogP contribution is 2.09. The maximum atomic E-state index is 12.2. The van der Waals surface area contributed by atoms with Crippen LogP contribution in [0.25, 0.3) is 0 Å². The molecule has 0 bridgehead atoms. The number of likely N-dealkylation sites (N-methyl/N-ethyl adjacent to an activating group) is 2. The fraction of sp³-hybridized carbons (Fsp3) is 0.929. The fourth-order valence-corrected chi connectivity index (χ4v) is 2.93. The van der Waals surface area contributed by atoms with E-state index in [1.807, 2.05) is 11.8 Å². The van der Waals surface area contributed by atoms with E-state index in [0.29, 0.717) is 6.04 Å². The Balaban J connectivity index is 1.75. The third-order valence-electron chi connectivity index (χ3n) is 4.43. The maximum absolute atomic E-state index is 12.2. The van der Waals surface area contributed by atoms with Crippen molar-refractivity contribution < 1.29 is 4.79 Å². The Morgan fingerprint density at radius 1 is 1.21 bits per heavy atom. The normalized spacial score (nSPS) is 27.7. The van der Waals surface area contributed by atoms with Crippen molar-refractivity contribution in [1.29, 1.82) is 0 Å². The average Bonchev–Trinajstić information content (AvgIpc) is 2.92. The molecule has 0 saturated carbocycles. The lowest BCUT2D eigenvalue weighted by atomic mass is 10.1. The van der Waals surface area contributed by atoms with Crippen LogP contribution in [0.1, 0.15) is 19.8 Å². The molecule has 2 fully saturated rings. The molecule has 0 aromatic rings. The van der Waals surface area contributed by atoms with Gasteiger partial charge in [0.15, 0.2) is 0 Å². The van der Waals surface area contributed by atoms with E-state index in [9.17, 15) is 4.79 Å². The first-order chi connectivity index (χ1) is 9.08. The predicted molar refractivity (Wildman–Crippen MR) is 77.2 cm³/mol. The molecule has 0 aromatic heterocycles. The summed E-state index contributed by atoms with van der Waals surface area (Å²) >= 11 is 0. The first-order valence-electron chi connectivity index (χ1n) is 7.49. The summed E-state index contributed by atoms with van der Waals surface area (Å²) in [5, 5.41) is 3.42. The van der Waals surface area contributed by atoms with E-state index in [2.05, 4.69) is 29.2 Å². The zero-order valence-electron chi connectivity index (χ0n) is 12.6. The Labute approximate surface area is 116 Å². The van der Waals surface area contributed by atoms with E-state index >= 15 is 0 Å². The second-order valence-corrected chi connectivity index (χ2v) is 6.06. The second kappa shape index (κ2) is 6.68. The number of rotatable bonds is 4. The number of amides is 1. The first-order valence-corrected chi connectivity index (χ1v) is 7.49. The van der Waals surface area contributed by atoms with Gasteiger partial charge in [-0.3, -0.25) is 9.69 Å². The number of likely N-dealkylation sites (tertiary alicyclic amines) is 1. The van der Waals surface area contributed by atoms with E-state index in [1.54, 1.807) is 0 Å². The van der Waals surface area contributed by atoms with Crippen molar-refractivity contribution in [2.24, 2.45) is 0 Å². The Bertz CT molecular complexity index is 304. The minimum absolute atomic E-state index is 0.0567. The van der Waals surface area contributed by atoms with Gasteiger partial charge in [0.25, 0.3) is 0 Å². The van der Waals surface area contributed by atoms with Gasteiger partial charge in [-0.05, 0) is 33.9 Å². The molecular formula is C14H28N4O. The van der Waals surface area contributed by atoms with Crippen LogP contribution in [-0.4, -0.2) is 86.1 Å². The second-order valence-electron chi connectivity index (χ2n) is 6.06. The average molecular weight is 268 g/mol. The van der Waals surface area contributed by atoms with Crippen LogP contribution in [0.4, 0.5) is 0 Å². The van der Waals surface area contributed by atoms with E-state index in [0.717, 1.165) is 52.1 Å². The fourth-order valence-electron chi connectivity index (χ4n) is 2.93. The molecular weight excluding hydrogens is 240 g/mol. The molecule has 2 aliphatic rings. The van der Waals surface area contributed by atoms with Gasteiger partial charge in [-0.2, -0.15) is 0 Å². The van der Waals surface area contributed by atoms with Gasteiger partial charge < -0.3 is 15.1 Å². The van der Waals surface area contributed by atoms with Crippen molar-refractivity contribution in [2.45, 2.75) is 31.8 Å². The summed E-state index contributed by atoms with van der Waals surface area (Å²) in [4.78, 5) is 18.9. The number of nitrogens with zero attached hydrogens (tertiary/aromatic N) is 3. The number of carbonyl (C=O) groups is 1. The lowest BCUT2D eigenvalue weighted by molar-refractivity contribution is -0.132. The third kappa shape index (κ3) is 3.91. The minimum Gasteiger partial charge on any atom is -0.341 e. The quantitative estimate of drug-likeness (QED) is 0.768. The zero-order valence-corrected chi connectivity index (χ0v) is 12.6. The van der Waals surface area contributed by atoms with Crippen LogP contribution in [0.5, 0.6) is 0 Å². The molecule has 1 amide bonds. The van der Waals surface area contributed by atoms with Crippen LogP contribution in [0.3, 0.4) is 0 Å². The summed E-state index contributed by atoms with van der Waals surface area (Å²) in [5.41, 5.74) is 0. The van der Waals surface area contributed by atoms with Gasteiger partial charge in [0.05, 0.1) is 6.04 Å². The molecule has 2 rings (SSSR count). The van der Waals surface area contributed by atoms with Crippen molar-refractivity contribution in [1.82, 2.24) is 20.0 Å². The molecule has 110 valence electrons. The molecule has 0 aromatic carbocycles. The standard InChI is InChI=1S/C14H28N4O/c1-12(14(19)18-6-4-5-7-18)15-10-13-11-16(2)8-9-17(13)3/h12-13,15H,4-11H2,1-3H3. The summed E-state index contributed by atoms with van der Waals surface area (Å²) in [5.74, 6) is 0.268. The van der Waals surface area contributed by atoms with Crippen LogP contribution in [-0.2, 0) is 4.79 Å². The number of hydrogen-bond acceptors (Lipinski definition) is 4. The molecule has 2 heterocycles. The molecule has 0 spiro atoms. The number of piperazine rings is 1. The molecule has 2 aliphatic heterocycles. The summed E-state index contributed by atoms with van der Waals surface area (Å²) in [7, 11) is 4.34. The third-order valence-corrected chi connectivity index (χ3v) is 4.43. The number of nitrogens with one attached hydrogen (secondary N) is 1. The molecule has 2 saturated heterocycles. The van der Waals surface area contributed by atoms with Crippen molar-refractivity contribution >= 4 is 5.91 Å². The largest absolute Gasteiger partial charge is 0.341 e. The SMILES string of the molecule is CC(NCC1CN(C)CCN1C)C(=O)N1CCCC1. The molecule has 1 N–H and O–H groups in total. The van der Waals surface area contributed by atoms with Gasteiger partial charge >= 0.3 is 0 Å². The lowest BCUT2D eigenvalue weighted by Gasteiger charge is -2.38. The zero-order chi connectivity index (χ0) is 13.8. The monoisotopic (exact) mass is 268 g/mol. The van der Waals surface area contributed by atoms with Crippen LogP contribution in [0, 0.1) is 0 Å². The van der Waals surface area contributed by atoms with Crippen molar-refractivity contribution in [3.05, 3.63) is 0 Å². The van der Waals surface area contributed by atoms with Gasteiger partial charge in [-0.25, -0.2) is 0 Å². The minimum atomic E-state index is -0.0567. The highest BCUT2D eigenvalue weighted by atomic mass is 16.2. The first kappa shape index (κ1) is 14.8. The molecule has 2 unspecified atom stereocenters. The Hall–Kier alpha value is -0.650. The number of carbonyl (C=O) groups excluding carboxylic acids is 1. The molecule has 0 radical (unpaired) electrons. The number of hydrogen-bond donors (Lipinski definition) is 1. The van der Waals surface area contributed by atoms with Crippen molar-refractivity contribution in [3.63, 3.8) is 0 Å². The Kier molecular flexibility index (Phi) is 5.19. The maximum Gasteiger partial charge on any atom is 0.239 e. The molecule has 0 aliphatic carbocycles. The van der Waals surface area contributed by atoms with E-state index in [4.69, 9.17) is 0 Å². The highest BCUT2D eigenvalue weighted by Gasteiger charge is 2.26. The Morgan fingerprint density at radius 3 is 2.58 bits per heavy atom. The van der Waals surface area contributed by atoms with E-state index in [1.165, 1.54) is 0 Å². The van der Waals surface area contributed by atoms with Gasteiger partial charge in [0, 0.05) is 45.3 Å². The molecule has 2 atom stereocenters. The predicted octanol–water partition coefficient (Wildman–Crippen LogP) is -0.167. The van der Waals surface area contributed by atoms with E-state index < -0.39 is 0 Å². The Morgan fingerprint density at radius 2 is 1.89 bits per heavy atom. The summed E-state index contributed by atoms with van der Waals surface area (Å²) in [6, 6.07) is 0.450. The molecule has 5 heteroatoms. The van der Waals surface area contributed by atoms with Crippen LogP contribution in [0.2, 0.25) is 0 Å². The van der Waals surface area contributed by atoms with Gasteiger partial charge in [0.1, 0.15) is 0 Å². The smallest absolute Gasteiger partial charge is 0.239 e. The van der Waals surface area contributed by atoms with Crippen LogP contribution < -0.4 is 5.32 Å². The van der Waals surface area contributed by atoms with Gasteiger partial charge in [-0.1, -0.05) is 0 Å². The van der Waals surface area contributed by atoms with Crippen LogP contribution in [0.15, 0.2) is 0 Å². The van der Waals surface area contributed by atoms with Gasteiger partial charge in [0.2, 0.25) is 5.91 Å². The topological polar surface area (TPSA) is 38.8 Å². The van der Waals surface area contributed by atoms with E-state index in [-0.39, 0.29) is 11.9 Å². The lowest BCUT2D eigenvalue weighted by Crippen LogP contribution is -2.56. The summed E-state index contributed by atoms with van der Waals surface area (Å²) in [6.45, 7) is 8.09. The van der Waals surface area contributed by atoms with Crippen molar-refractivity contribution in [3.8, 4) is 0 Å².